The number of para-hydroxylation sites is 2. The number of carbonyl (C=O) groups excluding carboxylic acids is 2. The first-order chi connectivity index (χ1) is 13.3. The normalized spacial score (nSPS) is 19.8. The van der Waals surface area contributed by atoms with Crippen LogP contribution in [0, 0.1) is 0 Å². The molecule has 1 unspecified atom stereocenters. The molecule has 6 nitrogen and oxygen atoms in total. The molecule has 1 aromatic carbocycles. The number of rotatable bonds is 4. The second-order valence-electron chi connectivity index (χ2n) is 6.73. The molecule has 2 aromatic rings. The number of benzene rings is 1. The molecule has 28 heavy (non-hydrogen) atoms. The molecule has 1 aromatic heterocycles. The quantitative estimate of drug-likeness (QED) is 0.782. The zero-order chi connectivity index (χ0) is 19.9. The number of thioether (sulfide) groups is 1. The summed E-state index contributed by atoms with van der Waals surface area (Å²) in [5.41, 5.74) is 0.240. The second kappa shape index (κ2) is 7.16. The van der Waals surface area contributed by atoms with Gasteiger partial charge in [0, 0.05) is 18.4 Å². The second-order valence-corrected chi connectivity index (χ2v) is 7.67. The number of anilines is 2. The highest BCUT2D eigenvalue weighted by molar-refractivity contribution is 7.99. The van der Waals surface area contributed by atoms with Gasteiger partial charge in [0.2, 0.25) is 11.8 Å². The van der Waals surface area contributed by atoms with E-state index in [-0.39, 0.29) is 17.1 Å². The first kappa shape index (κ1) is 18.9. The third-order valence-corrected chi connectivity index (χ3v) is 5.64. The van der Waals surface area contributed by atoms with Gasteiger partial charge in [-0.3, -0.25) is 14.5 Å². The van der Waals surface area contributed by atoms with Crippen molar-refractivity contribution in [2.45, 2.75) is 42.7 Å². The number of hydrogen-bond donors (Lipinski definition) is 1. The third-order valence-electron chi connectivity index (χ3n) is 4.67. The molecule has 1 saturated carbocycles. The molecule has 2 heterocycles. The molecule has 0 spiro atoms. The monoisotopic (exact) mass is 410 g/mol. The van der Waals surface area contributed by atoms with Crippen molar-refractivity contribution in [3.05, 3.63) is 36.7 Å². The van der Waals surface area contributed by atoms with Crippen molar-refractivity contribution in [2.24, 2.45) is 0 Å². The first-order valence-electron chi connectivity index (χ1n) is 8.78. The predicted molar refractivity (Wildman–Crippen MR) is 98.2 cm³/mol. The van der Waals surface area contributed by atoms with Gasteiger partial charge in [0.05, 0.1) is 23.5 Å². The number of imidazole rings is 1. The lowest BCUT2D eigenvalue weighted by Crippen LogP contribution is -2.50. The van der Waals surface area contributed by atoms with Crippen LogP contribution in [0.25, 0.3) is 0 Å². The summed E-state index contributed by atoms with van der Waals surface area (Å²) in [5.74, 6) is -1.71. The molecule has 2 aliphatic rings. The topological polar surface area (TPSA) is 67.2 Å². The van der Waals surface area contributed by atoms with Crippen molar-refractivity contribution in [1.29, 1.82) is 0 Å². The highest BCUT2D eigenvalue weighted by Gasteiger charge is 2.49. The van der Waals surface area contributed by atoms with Crippen molar-refractivity contribution in [3.63, 3.8) is 0 Å². The Morgan fingerprint density at radius 2 is 2.04 bits per heavy atom. The SMILES string of the molecule is O=C1CC(C(F)(F)F)N(C(=O)CSc2nccn2C2CC2)c2ccccc2N1. The van der Waals surface area contributed by atoms with E-state index < -0.39 is 30.5 Å². The first-order valence-corrected chi connectivity index (χ1v) is 9.76. The van der Waals surface area contributed by atoms with E-state index >= 15 is 0 Å². The Balaban J connectivity index is 1.62. The Labute approximate surface area is 163 Å². The lowest BCUT2D eigenvalue weighted by molar-refractivity contribution is -0.157. The minimum absolute atomic E-state index is 0.0480. The molecule has 1 N–H and O–H groups in total. The molecule has 1 fully saturated rings. The number of aromatic nitrogens is 2. The average Bonchev–Trinajstić information content (AvgIpc) is 3.40. The maximum atomic E-state index is 13.7. The molecule has 148 valence electrons. The van der Waals surface area contributed by atoms with Crippen molar-refractivity contribution in [3.8, 4) is 0 Å². The van der Waals surface area contributed by atoms with E-state index in [1.165, 1.54) is 18.2 Å². The van der Waals surface area contributed by atoms with E-state index in [1.807, 2.05) is 10.8 Å². The van der Waals surface area contributed by atoms with Gasteiger partial charge in [0.1, 0.15) is 6.04 Å². The molecule has 1 aliphatic carbocycles. The Morgan fingerprint density at radius 1 is 1.29 bits per heavy atom. The summed E-state index contributed by atoms with van der Waals surface area (Å²) in [6.07, 6.45) is -0.0875. The number of halogens is 3. The maximum Gasteiger partial charge on any atom is 0.409 e. The minimum atomic E-state index is -4.73. The van der Waals surface area contributed by atoms with Gasteiger partial charge in [-0.05, 0) is 25.0 Å². The summed E-state index contributed by atoms with van der Waals surface area (Å²) in [4.78, 5) is 29.8. The standard InChI is InChI=1S/C18H17F3N4O2S/c19-18(20,21)14-9-15(26)23-12-3-1-2-4-13(12)25(14)16(27)10-28-17-22-7-8-24(17)11-5-6-11/h1-4,7-8,11,14H,5-6,9-10H2,(H,23,26). The van der Waals surface area contributed by atoms with Gasteiger partial charge in [-0.15, -0.1) is 0 Å². The lowest BCUT2D eigenvalue weighted by atomic mass is 10.1. The lowest BCUT2D eigenvalue weighted by Gasteiger charge is -2.31. The summed E-state index contributed by atoms with van der Waals surface area (Å²) in [6, 6.07) is 4.16. The molecular weight excluding hydrogens is 393 g/mol. The van der Waals surface area contributed by atoms with Gasteiger partial charge >= 0.3 is 6.18 Å². The van der Waals surface area contributed by atoms with E-state index in [1.54, 1.807) is 12.3 Å². The Morgan fingerprint density at radius 3 is 2.75 bits per heavy atom. The highest BCUT2D eigenvalue weighted by Crippen LogP contribution is 2.40. The van der Waals surface area contributed by atoms with Crippen LogP contribution in [0.15, 0.2) is 41.8 Å². The molecule has 1 atom stereocenters. The van der Waals surface area contributed by atoms with Crippen molar-refractivity contribution < 1.29 is 22.8 Å². The molecular formula is C18H17F3N4O2S. The fraction of sp³-hybridized carbons (Fsp3) is 0.389. The smallest absolute Gasteiger partial charge is 0.324 e. The van der Waals surface area contributed by atoms with Gasteiger partial charge in [-0.25, -0.2) is 4.98 Å². The zero-order valence-electron chi connectivity index (χ0n) is 14.6. The molecule has 10 heteroatoms. The van der Waals surface area contributed by atoms with Crippen LogP contribution in [-0.2, 0) is 9.59 Å². The number of fused-ring (bicyclic) bond motifs is 1. The van der Waals surface area contributed by atoms with Crippen molar-refractivity contribution in [1.82, 2.24) is 9.55 Å². The molecule has 0 saturated heterocycles. The number of nitrogens with one attached hydrogen (secondary N) is 1. The Kier molecular flexibility index (Phi) is 4.82. The molecule has 0 bridgehead atoms. The largest absolute Gasteiger partial charge is 0.409 e. The summed E-state index contributed by atoms with van der Waals surface area (Å²) < 4.78 is 43.0. The van der Waals surface area contributed by atoms with Crippen molar-refractivity contribution in [2.75, 3.05) is 16.0 Å². The van der Waals surface area contributed by atoms with Gasteiger partial charge < -0.3 is 9.88 Å². The van der Waals surface area contributed by atoms with Crippen LogP contribution in [0.3, 0.4) is 0 Å². The Bertz CT molecular complexity index is 910. The third kappa shape index (κ3) is 3.73. The van der Waals surface area contributed by atoms with Gasteiger partial charge in [-0.2, -0.15) is 13.2 Å². The fourth-order valence-electron chi connectivity index (χ4n) is 3.23. The van der Waals surface area contributed by atoms with Crippen LogP contribution in [0.5, 0.6) is 0 Å². The molecule has 4 rings (SSSR count). The molecule has 2 amide bonds. The van der Waals surface area contributed by atoms with E-state index in [2.05, 4.69) is 10.3 Å². The van der Waals surface area contributed by atoms with E-state index in [9.17, 15) is 22.8 Å². The van der Waals surface area contributed by atoms with Crippen LogP contribution in [0.2, 0.25) is 0 Å². The van der Waals surface area contributed by atoms with Gasteiger partial charge in [-0.1, -0.05) is 23.9 Å². The van der Waals surface area contributed by atoms with Crippen LogP contribution < -0.4 is 10.2 Å². The summed E-state index contributed by atoms with van der Waals surface area (Å²) >= 11 is 1.11. The van der Waals surface area contributed by atoms with Crippen molar-refractivity contribution >= 4 is 35.0 Å². The van der Waals surface area contributed by atoms with E-state index in [0.29, 0.717) is 16.1 Å². The number of carbonyl (C=O) groups is 2. The van der Waals surface area contributed by atoms with Gasteiger partial charge in [0.15, 0.2) is 5.16 Å². The summed E-state index contributed by atoms with van der Waals surface area (Å²) in [6.45, 7) is 0. The molecule has 0 radical (unpaired) electrons. The maximum absolute atomic E-state index is 13.7. The summed E-state index contributed by atoms with van der Waals surface area (Å²) in [5, 5.41) is 3.06. The predicted octanol–water partition coefficient (Wildman–Crippen LogP) is 3.62. The van der Waals surface area contributed by atoms with Crippen LogP contribution >= 0.6 is 11.8 Å². The minimum Gasteiger partial charge on any atom is -0.324 e. The molecule has 1 aliphatic heterocycles. The number of hydrogen-bond acceptors (Lipinski definition) is 4. The summed E-state index contributed by atoms with van der Waals surface area (Å²) in [7, 11) is 0. The Hall–Kier alpha value is -2.49. The number of nitrogens with zero attached hydrogens (tertiary/aromatic N) is 3. The van der Waals surface area contributed by atoms with Crippen LogP contribution in [0.4, 0.5) is 24.5 Å². The van der Waals surface area contributed by atoms with E-state index in [4.69, 9.17) is 0 Å². The number of amides is 2. The van der Waals surface area contributed by atoms with E-state index in [0.717, 1.165) is 24.6 Å². The van der Waals surface area contributed by atoms with Gasteiger partial charge in [0.25, 0.3) is 0 Å². The average molecular weight is 410 g/mol. The van der Waals surface area contributed by atoms with Crippen LogP contribution in [0.1, 0.15) is 25.3 Å². The van der Waals surface area contributed by atoms with Crippen LogP contribution in [-0.4, -0.2) is 39.3 Å². The number of alkyl halides is 3. The highest BCUT2D eigenvalue weighted by atomic mass is 32.2. The fourth-order valence-corrected chi connectivity index (χ4v) is 4.12. The zero-order valence-corrected chi connectivity index (χ0v) is 15.5.